The van der Waals surface area contributed by atoms with Crippen LogP contribution in [0.25, 0.3) is 0 Å². The summed E-state index contributed by atoms with van der Waals surface area (Å²) in [6.07, 6.45) is 0. The first-order valence-corrected chi connectivity index (χ1v) is 5.61. The number of nitrogens with two attached hydrogens (primary N) is 1. The first kappa shape index (κ1) is 14.0. The Kier molecular flexibility index (Phi) is 4.31. The molecule has 98 valence electrons. The predicted molar refractivity (Wildman–Crippen MR) is 68.9 cm³/mol. The summed E-state index contributed by atoms with van der Waals surface area (Å²) in [5.74, 6) is 0.000000000000000222. The number of rotatable bonds is 1. The molecule has 0 atom stereocenters. The Morgan fingerprint density at radius 3 is 2.56 bits per heavy atom. The van der Waals surface area contributed by atoms with Crippen LogP contribution >= 0.6 is 0 Å². The fourth-order valence-corrected chi connectivity index (χ4v) is 1.40. The van der Waals surface area contributed by atoms with E-state index in [9.17, 15) is 9.59 Å². The summed E-state index contributed by atoms with van der Waals surface area (Å²) in [6.45, 7) is 6.53. The van der Waals surface area contributed by atoms with E-state index in [1.165, 1.54) is 0 Å². The summed E-state index contributed by atoms with van der Waals surface area (Å²) < 4.78 is 4.55. The summed E-state index contributed by atoms with van der Waals surface area (Å²) in [7, 11) is 0. The quantitative estimate of drug-likeness (QED) is 0.584. The Hall–Kier alpha value is -2.04. The molecule has 18 heavy (non-hydrogen) atoms. The van der Waals surface area contributed by atoms with Gasteiger partial charge in [0.2, 0.25) is 0 Å². The van der Waals surface area contributed by atoms with Crippen molar-refractivity contribution in [3.63, 3.8) is 0 Å². The summed E-state index contributed by atoms with van der Waals surface area (Å²) in [6, 6.07) is 5.32. The minimum atomic E-state index is -0.318. The summed E-state index contributed by atoms with van der Waals surface area (Å²) in [4.78, 5) is 20.6. The van der Waals surface area contributed by atoms with Crippen LogP contribution in [0.5, 0.6) is 0 Å². The van der Waals surface area contributed by atoms with Gasteiger partial charge in [0.1, 0.15) is 5.60 Å². The molecule has 0 bridgehead atoms. The van der Waals surface area contributed by atoms with Crippen molar-refractivity contribution in [3.05, 3.63) is 29.3 Å². The minimum Gasteiger partial charge on any atom is -0.462 e. The van der Waals surface area contributed by atoms with Gasteiger partial charge < -0.3 is 15.8 Å². The van der Waals surface area contributed by atoms with E-state index in [0.29, 0.717) is 18.7 Å². The van der Waals surface area contributed by atoms with Crippen molar-refractivity contribution in [2.45, 2.75) is 32.9 Å². The summed E-state index contributed by atoms with van der Waals surface area (Å²) in [5, 5.41) is 2.72. The third-order valence-electron chi connectivity index (χ3n) is 2.21. The zero-order valence-corrected chi connectivity index (χ0v) is 10.8. The van der Waals surface area contributed by atoms with Crippen molar-refractivity contribution >= 4 is 18.1 Å². The number of ether oxygens (including phenoxy) is 1. The second kappa shape index (κ2) is 5.53. The first-order chi connectivity index (χ1) is 8.33. The van der Waals surface area contributed by atoms with Gasteiger partial charge >= 0.3 is 0 Å². The van der Waals surface area contributed by atoms with Gasteiger partial charge in [-0.2, -0.15) is 0 Å². The van der Waals surface area contributed by atoms with E-state index in [-0.39, 0.29) is 11.5 Å². The lowest BCUT2D eigenvalue weighted by Gasteiger charge is -2.14. The Bertz CT molecular complexity index is 450. The number of nitrogens with one attached hydrogen (secondary N) is 1. The average Bonchev–Trinajstić information content (AvgIpc) is 2.59. The van der Waals surface area contributed by atoms with E-state index < -0.39 is 0 Å². The van der Waals surface area contributed by atoms with Crippen molar-refractivity contribution in [1.29, 1.82) is 0 Å². The lowest BCUT2D eigenvalue weighted by atomic mass is 10.1. The molecule has 1 amide bonds. The fourth-order valence-electron chi connectivity index (χ4n) is 1.40. The van der Waals surface area contributed by atoms with E-state index in [0.717, 1.165) is 11.1 Å². The smallest absolute Gasteiger partial charge is 0.293 e. The molecule has 0 unspecified atom stereocenters. The highest BCUT2D eigenvalue weighted by Gasteiger charge is 2.17. The standard InChI is InChI=1S/C8H8N2O.C5H10O2/c9-6-1-2-7-5(3-6)4-10-8(7)11;1-5(2,3)7-4-6/h1-3H,4,9H2,(H,10,11);4H,1-3H3. The van der Waals surface area contributed by atoms with Gasteiger partial charge in [-0.3, -0.25) is 9.59 Å². The topological polar surface area (TPSA) is 81.4 Å². The number of amides is 1. The van der Waals surface area contributed by atoms with Gasteiger partial charge in [-0.05, 0) is 44.5 Å². The van der Waals surface area contributed by atoms with Gasteiger partial charge in [0.25, 0.3) is 12.4 Å². The molecule has 0 spiro atoms. The molecule has 1 aromatic carbocycles. The van der Waals surface area contributed by atoms with Crippen LogP contribution in [0.1, 0.15) is 36.7 Å². The summed E-state index contributed by atoms with van der Waals surface area (Å²) >= 11 is 0. The van der Waals surface area contributed by atoms with Gasteiger partial charge in [0, 0.05) is 17.8 Å². The van der Waals surface area contributed by atoms with Gasteiger partial charge in [0.05, 0.1) is 0 Å². The maximum atomic E-state index is 11.0. The Labute approximate surface area is 106 Å². The minimum absolute atomic E-state index is 0.000000000000000222. The highest BCUT2D eigenvalue weighted by molar-refractivity contribution is 5.98. The number of carbonyl (C=O) groups excluding carboxylic acids is 2. The zero-order chi connectivity index (χ0) is 13.8. The van der Waals surface area contributed by atoms with Gasteiger partial charge in [-0.15, -0.1) is 0 Å². The Balaban J connectivity index is 0.000000203. The van der Waals surface area contributed by atoms with Crippen LogP contribution in [0.3, 0.4) is 0 Å². The number of carbonyl (C=O) groups is 2. The van der Waals surface area contributed by atoms with Crippen LogP contribution in [0, 0.1) is 0 Å². The predicted octanol–water partition coefficient (Wildman–Crippen LogP) is 1.47. The first-order valence-electron chi connectivity index (χ1n) is 5.61. The monoisotopic (exact) mass is 250 g/mol. The van der Waals surface area contributed by atoms with Crippen LogP contribution < -0.4 is 11.1 Å². The largest absolute Gasteiger partial charge is 0.462 e. The molecule has 0 fully saturated rings. The van der Waals surface area contributed by atoms with Gasteiger partial charge in [-0.25, -0.2) is 0 Å². The highest BCUT2D eigenvalue weighted by Crippen LogP contribution is 2.17. The van der Waals surface area contributed by atoms with Crippen LogP contribution in [-0.2, 0) is 16.1 Å². The molecule has 1 aliphatic rings. The van der Waals surface area contributed by atoms with Gasteiger partial charge in [0.15, 0.2) is 0 Å². The Morgan fingerprint density at radius 1 is 1.39 bits per heavy atom. The molecular formula is C13H18N2O3. The number of anilines is 1. The van der Waals surface area contributed by atoms with E-state index in [1.54, 1.807) is 12.1 Å². The van der Waals surface area contributed by atoms with E-state index in [1.807, 2.05) is 26.8 Å². The molecule has 3 N–H and O–H groups in total. The number of hydrogen-bond acceptors (Lipinski definition) is 4. The summed E-state index contributed by atoms with van der Waals surface area (Å²) in [5.41, 5.74) is 7.67. The number of hydrogen-bond donors (Lipinski definition) is 2. The van der Waals surface area contributed by atoms with Crippen molar-refractivity contribution in [3.8, 4) is 0 Å². The number of nitrogen functional groups attached to an aromatic ring is 1. The number of fused-ring (bicyclic) bond motifs is 1. The molecule has 0 saturated heterocycles. The van der Waals surface area contributed by atoms with Crippen molar-refractivity contribution in [1.82, 2.24) is 5.32 Å². The van der Waals surface area contributed by atoms with E-state index in [2.05, 4.69) is 10.1 Å². The second-order valence-electron chi connectivity index (χ2n) is 4.93. The molecule has 1 aromatic rings. The maximum absolute atomic E-state index is 11.0. The maximum Gasteiger partial charge on any atom is 0.293 e. The Morgan fingerprint density at radius 2 is 2.06 bits per heavy atom. The average molecular weight is 250 g/mol. The highest BCUT2D eigenvalue weighted by atomic mass is 16.5. The van der Waals surface area contributed by atoms with Crippen molar-refractivity contribution in [2.75, 3.05) is 5.73 Å². The molecule has 0 aromatic heterocycles. The van der Waals surface area contributed by atoms with Crippen LogP contribution in [0.2, 0.25) is 0 Å². The second-order valence-corrected chi connectivity index (χ2v) is 4.93. The van der Waals surface area contributed by atoms with E-state index >= 15 is 0 Å². The molecule has 1 aliphatic heterocycles. The molecule has 0 saturated carbocycles. The zero-order valence-electron chi connectivity index (χ0n) is 10.8. The van der Waals surface area contributed by atoms with Crippen LogP contribution in [0.15, 0.2) is 18.2 Å². The number of benzene rings is 1. The molecule has 0 aliphatic carbocycles. The van der Waals surface area contributed by atoms with Crippen molar-refractivity contribution < 1.29 is 14.3 Å². The molecule has 5 nitrogen and oxygen atoms in total. The van der Waals surface area contributed by atoms with Gasteiger partial charge in [-0.1, -0.05) is 0 Å². The lowest BCUT2D eigenvalue weighted by molar-refractivity contribution is -0.138. The third-order valence-corrected chi connectivity index (χ3v) is 2.21. The molecule has 1 heterocycles. The SMILES string of the molecule is CC(C)(C)OC=O.Nc1ccc2c(c1)CNC2=O. The van der Waals surface area contributed by atoms with Crippen LogP contribution in [0.4, 0.5) is 5.69 Å². The lowest BCUT2D eigenvalue weighted by Crippen LogP contribution is -2.17. The van der Waals surface area contributed by atoms with Crippen molar-refractivity contribution in [2.24, 2.45) is 0 Å². The molecular weight excluding hydrogens is 232 g/mol. The molecule has 5 heteroatoms. The third kappa shape index (κ3) is 4.08. The van der Waals surface area contributed by atoms with E-state index in [4.69, 9.17) is 5.73 Å². The normalized spacial score (nSPS) is 12.9. The molecule has 0 radical (unpaired) electrons. The fraction of sp³-hybridized carbons (Fsp3) is 0.385. The molecule has 2 rings (SSSR count). The van der Waals surface area contributed by atoms with Crippen LogP contribution in [-0.4, -0.2) is 18.0 Å².